The molecule has 1 heterocycles. The first kappa shape index (κ1) is 12.0. The molecule has 1 aromatic carbocycles. The lowest BCUT2D eigenvalue weighted by Gasteiger charge is -1.99. The first-order valence-electron chi connectivity index (χ1n) is 5.14. The van der Waals surface area contributed by atoms with Crippen molar-refractivity contribution in [1.82, 2.24) is 15.2 Å². The Morgan fingerprint density at radius 3 is 2.83 bits per heavy atom. The minimum atomic E-state index is -0.669. The number of phenols is 1. The predicted octanol–water partition coefficient (Wildman–Crippen LogP) is 1.11. The van der Waals surface area contributed by atoms with Gasteiger partial charge in [0.2, 0.25) is 0 Å². The van der Waals surface area contributed by atoms with E-state index in [1.165, 1.54) is 18.2 Å². The van der Waals surface area contributed by atoms with Gasteiger partial charge in [-0.05, 0) is 19.1 Å². The van der Waals surface area contributed by atoms with Crippen molar-refractivity contribution in [3.05, 3.63) is 34.1 Å². The van der Waals surface area contributed by atoms with Gasteiger partial charge in [0, 0.05) is 11.6 Å². The number of benzene rings is 1. The van der Waals surface area contributed by atoms with E-state index in [2.05, 4.69) is 15.2 Å². The number of nitrogens with one attached hydrogen (secondary N) is 1. The van der Waals surface area contributed by atoms with E-state index >= 15 is 0 Å². The topological polar surface area (TPSA) is 131 Å². The summed E-state index contributed by atoms with van der Waals surface area (Å²) >= 11 is 0. The van der Waals surface area contributed by atoms with Gasteiger partial charge in [0.25, 0.3) is 0 Å². The second-order valence-corrected chi connectivity index (χ2v) is 3.79. The molecule has 4 N–H and O–H groups in total. The number of aromatic hydroxyl groups is 1. The van der Waals surface area contributed by atoms with Crippen LogP contribution >= 0.6 is 0 Å². The van der Waals surface area contributed by atoms with Gasteiger partial charge in [-0.25, -0.2) is 4.98 Å². The molecule has 0 saturated heterocycles. The van der Waals surface area contributed by atoms with Crippen LogP contribution in [0.2, 0.25) is 0 Å². The zero-order valence-electron chi connectivity index (χ0n) is 9.49. The molecular weight excluding hydrogens is 238 g/mol. The van der Waals surface area contributed by atoms with E-state index in [0.29, 0.717) is 17.2 Å². The summed E-state index contributed by atoms with van der Waals surface area (Å²) in [4.78, 5) is 14.1. The maximum Gasteiger partial charge on any atom is 0.311 e. The first-order chi connectivity index (χ1) is 8.49. The van der Waals surface area contributed by atoms with Crippen molar-refractivity contribution in [3.8, 4) is 17.1 Å². The van der Waals surface area contributed by atoms with E-state index in [0.717, 1.165) is 0 Å². The van der Waals surface area contributed by atoms with Crippen LogP contribution in [-0.2, 0) is 0 Å². The number of aromatic nitrogens is 3. The lowest BCUT2D eigenvalue weighted by molar-refractivity contribution is -0.385. The zero-order chi connectivity index (χ0) is 13.3. The van der Waals surface area contributed by atoms with Crippen molar-refractivity contribution < 1.29 is 10.0 Å². The minimum Gasteiger partial charge on any atom is -0.502 e. The van der Waals surface area contributed by atoms with E-state index < -0.39 is 10.7 Å². The highest BCUT2D eigenvalue weighted by molar-refractivity contribution is 5.63. The third-order valence-corrected chi connectivity index (χ3v) is 2.36. The fourth-order valence-electron chi connectivity index (χ4n) is 1.42. The summed E-state index contributed by atoms with van der Waals surface area (Å²) in [5.41, 5.74) is 5.67. The molecule has 94 valence electrons. The Balaban J connectivity index is 2.44. The van der Waals surface area contributed by atoms with Gasteiger partial charge in [-0.15, -0.1) is 0 Å². The molecule has 0 aliphatic carbocycles. The number of nitro groups is 1. The molecule has 8 nitrogen and oxygen atoms in total. The van der Waals surface area contributed by atoms with E-state index in [-0.39, 0.29) is 11.7 Å². The highest BCUT2D eigenvalue weighted by Crippen LogP contribution is 2.29. The van der Waals surface area contributed by atoms with Gasteiger partial charge >= 0.3 is 5.69 Å². The third-order valence-electron chi connectivity index (χ3n) is 2.36. The first-order valence-corrected chi connectivity index (χ1v) is 5.14. The Hall–Kier alpha value is -2.48. The summed E-state index contributed by atoms with van der Waals surface area (Å²) in [6.45, 7) is 1.74. The third kappa shape index (κ3) is 2.13. The standard InChI is InChI=1S/C10H11N5O3/c1-5(11)9-12-10(14-13-9)6-2-3-8(16)7(4-6)15(17)18/h2-5,16H,11H2,1H3,(H,12,13,14)/t5-/m1/s1. The number of hydrogen-bond donors (Lipinski definition) is 3. The number of nitro benzene ring substituents is 1. The smallest absolute Gasteiger partial charge is 0.311 e. The highest BCUT2D eigenvalue weighted by atomic mass is 16.6. The molecule has 0 aliphatic rings. The van der Waals surface area contributed by atoms with Crippen LogP contribution in [-0.4, -0.2) is 25.2 Å². The van der Waals surface area contributed by atoms with Gasteiger partial charge in [-0.1, -0.05) is 0 Å². The molecular formula is C10H11N5O3. The van der Waals surface area contributed by atoms with Crippen LogP contribution in [0.5, 0.6) is 5.75 Å². The van der Waals surface area contributed by atoms with Gasteiger partial charge in [-0.2, -0.15) is 5.10 Å². The van der Waals surface area contributed by atoms with Gasteiger partial charge in [0.05, 0.1) is 11.0 Å². The second-order valence-electron chi connectivity index (χ2n) is 3.79. The fraction of sp³-hybridized carbons (Fsp3) is 0.200. The van der Waals surface area contributed by atoms with Crippen LogP contribution < -0.4 is 5.73 Å². The zero-order valence-corrected chi connectivity index (χ0v) is 9.49. The van der Waals surface area contributed by atoms with Crippen molar-refractivity contribution in [1.29, 1.82) is 0 Å². The molecule has 8 heteroatoms. The van der Waals surface area contributed by atoms with E-state index in [1.807, 2.05) is 0 Å². The van der Waals surface area contributed by atoms with Gasteiger partial charge < -0.3 is 10.8 Å². The van der Waals surface area contributed by atoms with E-state index in [4.69, 9.17) is 5.73 Å². The minimum absolute atomic E-state index is 0.297. The Morgan fingerprint density at radius 2 is 2.28 bits per heavy atom. The number of rotatable bonds is 3. The molecule has 1 aromatic heterocycles. The summed E-state index contributed by atoms with van der Waals surface area (Å²) in [5.74, 6) is 0.387. The lowest BCUT2D eigenvalue weighted by Crippen LogP contribution is -2.06. The quantitative estimate of drug-likeness (QED) is 0.551. The number of hydrogen-bond acceptors (Lipinski definition) is 6. The summed E-state index contributed by atoms with van der Waals surface area (Å²) in [7, 11) is 0. The fourth-order valence-corrected chi connectivity index (χ4v) is 1.42. The summed E-state index contributed by atoms with van der Waals surface area (Å²) < 4.78 is 0. The SMILES string of the molecule is C[C@@H](N)c1nc(-c2ccc(O)c([N+](=O)[O-])c2)n[nH]1. The largest absolute Gasteiger partial charge is 0.502 e. The summed E-state index contributed by atoms with van der Waals surface area (Å²) in [6, 6.07) is 3.63. The summed E-state index contributed by atoms with van der Waals surface area (Å²) in [6.07, 6.45) is 0. The Labute approximate surface area is 102 Å². The van der Waals surface area contributed by atoms with Crippen LogP contribution in [0.15, 0.2) is 18.2 Å². The van der Waals surface area contributed by atoms with E-state index in [9.17, 15) is 15.2 Å². The number of nitrogens with zero attached hydrogens (tertiary/aromatic N) is 3. The summed E-state index contributed by atoms with van der Waals surface area (Å²) in [5, 5.41) is 26.6. The van der Waals surface area contributed by atoms with Crippen LogP contribution in [0, 0.1) is 10.1 Å². The maximum atomic E-state index is 10.7. The van der Waals surface area contributed by atoms with Crippen molar-refractivity contribution >= 4 is 5.69 Å². The average molecular weight is 249 g/mol. The molecule has 0 radical (unpaired) electrons. The highest BCUT2D eigenvalue weighted by Gasteiger charge is 2.16. The van der Waals surface area contributed by atoms with Crippen LogP contribution in [0.25, 0.3) is 11.4 Å². The van der Waals surface area contributed by atoms with Crippen molar-refractivity contribution in [2.45, 2.75) is 13.0 Å². The number of aromatic amines is 1. The van der Waals surface area contributed by atoms with Crippen molar-refractivity contribution in [2.24, 2.45) is 5.73 Å². The van der Waals surface area contributed by atoms with Gasteiger partial charge in [0.15, 0.2) is 11.6 Å². The molecule has 0 fully saturated rings. The molecule has 0 amide bonds. The normalized spacial score (nSPS) is 12.3. The molecule has 1 atom stereocenters. The molecule has 2 rings (SSSR count). The average Bonchev–Trinajstić information content (AvgIpc) is 2.78. The number of nitrogens with two attached hydrogens (primary N) is 1. The number of H-pyrrole nitrogens is 1. The van der Waals surface area contributed by atoms with Crippen LogP contribution in [0.4, 0.5) is 5.69 Å². The van der Waals surface area contributed by atoms with E-state index in [1.54, 1.807) is 6.92 Å². The monoisotopic (exact) mass is 249 g/mol. The molecule has 0 unspecified atom stereocenters. The molecule has 0 spiro atoms. The lowest BCUT2D eigenvalue weighted by atomic mass is 10.2. The molecule has 18 heavy (non-hydrogen) atoms. The Kier molecular flexibility index (Phi) is 2.94. The predicted molar refractivity (Wildman–Crippen MR) is 62.7 cm³/mol. The van der Waals surface area contributed by atoms with Crippen LogP contribution in [0.1, 0.15) is 18.8 Å². The van der Waals surface area contributed by atoms with Crippen molar-refractivity contribution in [3.63, 3.8) is 0 Å². The van der Waals surface area contributed by atoms with Crippen LogP contribution in [0.3, 0.4) is 0 Å². The Bertz CT molecular complexity index is 593. The molecule has 0 bridgehead atoms. The van der Waals surface area contributed by atoms with Crippen molar-refractivity contribution in [2.75, 3.05) is 0 Å². The Morgan fingerprint density at radius 1 is 1.56 bits per heavy atom. The van der Waals surface area contributed by atoms with Gasteiger partial charge in [0.1, 0.15) is 5.82 Å². The van der Waals surface area contributed by atoms with Gasteiger partial charge in [-0.3, -0.25) is 15.2 Å². The molecule has 0 aliphatic heterocycles. The second kappa shape index (κ2) is 4.41. The maximum absolute atomic E-state index is 10.7. The number of phenolic OH excluding ortho intramolecular Hbond substituents is 1. The molecule has 2 aromatic rings. The molecule has 0 saturated carbocycles.